The molecule has 1 aliphatic heterocycles. The SMILES string of the molecule is NS(=O)(=O)CCCNC(=O)C1CCc2ccccc2N1. The van der Waals surface area contributed by atoms with Crippen LogP contribution in [0.15, 0.2) is 24.3 Å². The maximum absolute atomic E-state index is 12.0. The Labute approximate surface area is 118 Å². The number of benzene rings is 1. The number of hydrogen-bond acceptors (Lipinski definition) is 4. The fourth-order valence-electron chi connectivity index (χ4n) is 2.24. The van der Waals surface area contributed by atoms with Crippen molar-refractivity contribution in [1.29, 1.82) is 0 Å². The summed E-state index contributed by atoms with van der Waals surface area (Å²) < 4.78 is 21.5. The number of hydrogen-bond donors (Lipinski definition) is 3. The molecule has 0 fully saturated rings. The van der Waals surface area contributed by atoms with Crippen molar-refractivity contribution in [2.75, 3.05) is 17.6 Å². The number of nitrogens with one attached hydrogen (secondary N) is 2. The standard InChI is InChI=1S/C13H19N3O3S/c14-20(18,19)9-3-8-15-13(17)12-7-6-10-4-1-2-5-11(10)16-12/h1-2,4-5,12,16H,3,6-9H2,(H,15,17)(H2,14,18,19). The molecule has 0 aliphatic carbocycles. The van der Waals surface area contributed by atoms with Gasteiger partial charge < -0.3 is 10.6 Å². The lowest BCUT2D eigenvalue weighted by Gasteiger charge is -2.26. The van der Waals surface area contributed by atoms with Crippen LogP contribution in [-0.2, 0) is 21.2 Å². The highest BCUT2D eigenvalue weighted by atomic mass is 32.2. The molecule has 1 aromatic rings. The average Bonchev–Trinajstić information content (AvgIpc) is 2.42. The Hall–Kier alpha value is -1.60. The molecule has 110 valence electrons. The fraction of sp³-hybridized carbons (Fsp3) is 0.462. The van der Waals surface area contributed by atoms with Crippen molar-refractivity contribution >= 4 is 21.6 Å². The van der Waals surface area contributed by atoms with E-state index < -0.39 is 10.0 Å². The van der Waals surface area contributed by atoms with Crippen LogP contribution in [0.3, 0.4) is 0 Å². The summed E-state index contributed by atoms with van der Waals surface area (Å²) in [6, 6.07) is 7.64. The van der Waals surface area contributed by atoms with Crippen molar-refractivity contribution in [2.45, 2.75) is 25.3 Å². The van der Waals surface area contributed by atoms with Crippen molar-refractivity contribution in [2.24, 2.45) is 5.14 Å². The first-order valence-electron chi connectivity index (χ1n) is 6.58. The smallest absolute Gasteiger partial charge is 0.242 e. The van der Waals surface area contributed by atoms with Gasteiger partial charge >= 0.3 is 0 Å². The number of nitrogens with two attached hydrogens (primary N) is 1. The number of carbonyl (C=O) groups excluding carboxylic acids is 1. The summed E-state index contributed by atoms with van der Waals surface area (Å²) >= 11 is 0. The number of aryl methyl sites for hydroxylation is 1. The zero-order valence-corrected chi connectivity index (χ0v) is 11.9. The van der Waals surface area contributed by atoms with E-state index in [0.29, 0.717) is 13.0 Å². The van der Waals surface area contributed by atoms with Gasteiger partial charge in [0.1, 0.15) is 6.04 Å². The average molecular weight is 297 g/mol. The number of primary sulfonamides is 1. The van der Waals surface area contributed by atoms with E-state index in [1.807, 2.05) is 24.3 Å². The first-order valence-corrected chi connectivity index (χ1v) is 8.30. The Balaban J connectivity index is 1.80. The van der Waals surface area contributed by atoms with Crippen molar-refractivity contribution < 1.29 is 13.2 Å². The van der Waals surface area contributed by atoms with Crippen molar-refractivity contribution in [3.63, 3.8) is 0 Å². The second-order valence-corrected chi connectivity index (χ2v) is 6.64. The molecule has 1 heterocycles. The second kappa shape index (κ2) is 6.23. The van der Waals surface area contributed by atoms with Crippen molar-refractivity contribution in [3.8, 4) is 0 Å². The minimum atomic E-state index is -3.45. The molecule has 0 aromatic heterocycles. The summed E-state index contributed by atoms with van der Waals surface area (Å²) in [6.07, 6.45) is 1.92. The number of sulfonamides is 1. The summed E-state index contributed by atoms with van der Waals surface area (Å²) in [5.74, 6) is -0.220. The van der Waals surface area contributed by atoms with Crippen LogP contribution in [0.4, 0.5) is 5.69 Å². The highest BCUT2D eigenvalue weighted by Crippen LogP contribution is 2.24. The van der Waals surface area contributed by atoms with E-state index in [1.54, 1.807) is 0 Å². The summed E-state index contributed by atoms with van der Waals surface area (Å²) in [5.41, 5.74) is 2.20. The first kappa shape index (κ1) is 14.8. The molecule has 6 nitrogen and oxygen atoms in total. The van der Waals surface area contributed by atoms with Gasteiger partial charge in [-0.15, -0.1) is 0 Å². The van der Waals surface area contributed by atoms with E-state index in [4.69, 9.17) is 5.14 Å². The van der Waals surface area contributed by atoms with E-state index in [2.05, 4.69) is 10.6 Å². The lowest BCUT2D eigenvalue weighted by atomic mass is 9.98. The van der Waals surface area contributed by atoms with Gasteiger partial charge in [-0.05, 0) is 30.9 Å². The maximum atomic E-state index is 12.0. The van der Waals surface area contributed by atoms with Gasteiger partial charge in [0.15, 0.2) is 0 Å². The molecule has 1 aliphatic rings. The molecule has 0 bridgehead atoms. The second-order valence-electron chi connectivity index (χ2n) is 4.90. The third kappa shape index (κ3) is 4.21. The van der Waals surface area contributed by atoms with E-state index in [0.717, 1.165) is 18.5 Å². The van der Waals surface area contributed by atoms with Gasteiger partial charge in [0.2, 0.25) is 15.9 Å². The predicted octanol–water partition coefficient (Wildman–Crippen LogP) is 0.208. The normalized spacial score (nSPS) is 17.9. The number of fused-ring (bicyclic) bond motifs is 1. The highest BCUT2D eigenvalue weighted by molar-refractivity contribution is 7.89. The molecular weight excluding hydrogens is 278 g/mol. The monoisotopic (exact) mass is 297 g/mol. The molecule has 1 unspecified atom stereocenters. The van der Waals surface area contributed by atoms with Crippen LogP contribution in [0, 0.1) is 0 Å². The molecule has 1 amide bonds. The Morgan fingerprint density at radius 1 is 1.40 bits per heavy atom. The quantitative estimate of drug-likeness (QED) is 0.676. The number of para-hydroxylation sites is 1. The molecule has 4 N–H and O–H groups in total. The van der Waals surface area contributed by atoms with Gasteiger partial charge in [-0.25, -0.2) is 13.6 Å². The molecule has 1 atom stereocenters. The van der Waals surface area contributed by atoms with Gasteiger partial charge in [-0.3, -0.25) is 4.79 Å². The van der Waals surface area contributed by atoms with Crippen LogP contribution in [0.5, 0.6) is 0 Å². The zero-order valence-electron chi connectivity index (χ0n) is 11.1. The van der Waals surface area contributed by atoms with Crippen LogP contribution < -0.4 is 15.8 Å². The third-order valence-electron chi connectivity index (χ3n) is 3.27. The predicted molar refractivity (Wildman–Crippen MR) is 77.8 cm³/mol. The molecule has 20 heavy (non-hydrogen) atoms. The van der Waals surface area contributed by atoms with Gasteiger partial charge in [0.05, 0.1) is 5.75 Å². The topological polar surface area (TPSA) is 101 Å². The minimum absolute atomic E-state index is 0.103. The van der Waals surface area contributed by atoms with Gasteiger partial charge in [0.25, 0.3) is 0 Å². The molecule has 0 radical (unpaired) electrons. The molecule has 7 heteroatoms. The Morgan fingerprint density at radius 3 is 2.90 bits per heavy atom. The molecule has 0 saturated carbocycles. The number of amides is 1. The van der Waals surface area contributed by atoms with Crippen LogP contribution >= 0.6 is 0 Å². The third-order valence-corrected chi connectivity index (χ3v) is 4.13. The van der Waals surface area contributed by atoms with Crippen LogP contribution in [-0.4, -0.2) is 32.7 Å². The van der Waals surface area contributed by atoms with Crippen LogP contribution in [0.2, 0.25) is 0 Å². The van der Waals surface area contributed by atoms with E-state index >= 15 is 0 Å². The van der Waals surface area contributed by atoms with Crippen molar-refractivity contribution in [1.82, 2.24) is 5.32 Å². The fourth-order valence-corrected chi connectivity index (χ4v) is 2.79. The number of carbonyl (C=O) groups is 1. The first-order chi connectivity index (χ1) is 9.46. The largest absolute Gasteiger partial charge is 0.373 e. The van der Waals surface area contributed by atoms with E-state index in [-0.39, 0.29) is 17.7 Å². The molecule has 1 aromatic carbocycles. The van der Waals surface area contributed by atoms with E-state index in [1.165, 1.54) is 5.56 Å². The Morgan fingerprint density at radius 2 is 2.15 bits per heavy atom. The zero-order chi connectivity index (χ0) is 14.6. The molecule has 0 spiro atoms. The molecular formula is C13H19N3O3S. The van der Waals surface area contributed by atoms with Gasteiger partial charge in [0, 0.05) is 12.2 Å². The summed E-state index contributed by atoms with van der Waals surface area (Å²) in [6.45, 7) is 0.315. The van der Waals surface area contributed by atoms with Gasteiger partial charge in [-0.2, -0.15) is 0 Å². The number of anilines is 1. The Bertz CT molecular complexity index is 586. The Kier molecular flexibility index (Phi) is 4.61. The van der Waals surface area contributed by atoms with Crippen molar-refractivity contribution in [3.05, 3.63) is 29.8 Å². The minimum Gasteiger partial charge on any atom is -0.373 e. The molecule has 2 rings (SSSR count). The van der Waals surface area contributed by atoms with E-state index in [9.17, 15) is 13.2 Å². The highest BCUT2D eigenvalue weighted by Gasteiger charge is 2.23. The number of rotatable bonds is 5. The lowest BCUT2D eigenvalue weighted by molar-refractivity contribution is -0.122. The summed E-state index contributed by atoms with van der Waals surface area (Å²) in [7, 11) is -3.45. The maximum Gasteiger partial charge on any atom is 0.242 e. The lowest BCUT2D eigenvalue weighted by Crippen LogP contribution is -2.42. The van der Waals surface area contributed by atoms with Crippen LogP contribution in [0.1, 0.15) is 18.4 Å². The summed E-state index contributed by atoms with van der Waals surface area (Å²) in [5, 5.41) is 10.8. The van der Waals surface area contributed by atoms with Gasteiger partial charge in [-0.1, -0.05) is 18.2 Å². The molecule has 0 saturated heterocycles. The summed E-state index contributed by atoms with van der Waals surface area (Å²) in [4.78, 5) is 12.0. The van der Waals surface area contributed by atoms with Crippen LogP contribution in [0.25, 0.3) is 0 Å².